The molecule has 2 rings (SSSR count). The first-order chi connectivity index (χ1) is 8.47. The van der Waals surface area contributed by atoms with Crippen LogP contribution in [-0.4, -0.2) is 12.1 Å². The Bertz CT molecular complexity index is 605. The standard InChI is InChI=1S/C15H18ClNO/c1-8(2)12-10(4)17-15-11(18-5)7-6-9(3)13(15)14(12)16/h6-8H,1-5H3. The Labute approximate surface area is 113 Å². The van der Waals surface area contributed by atoms with E-state index in [1.54, 1.807) is 7.11 Å². The monoisotopic (exact) mass is 263 g/mol. The third-order valence-electron chi connectivity index (χ3n) is 3.27. The van der Waals surface area contributed by atoms with Crippen molar-refractivity contribution in [1.82, 2.24) is 4.98 Å². The first-order valence-corrected chi connectivity index (χ1v) is 6.48. The molecule has 3 heteroatoms. The molecule has 0 amide bonds. The van der Waals surface area contributed by atoms with Gasteiger partial charge in [0.1, 0.15) is 11.3 Å². The maximum atomic E-state index is 6.58. The highest BCUT2D eigenvalue weighted by Gasteiger charge is 2.17. The molecule has 0 saturated heterocycles. The number of ether oxygens (including phenoxy) is 1. The molecule has 1 aromatic carbocycles. The highest BCUT2D eigenvalue weighted by atomic mass is 35.5. The summed E-state index contributed by atoms with van der Waals surface area (Å²) in [6.07, 6.45) is 0. The summed E-state index contributed by atoms with van der Waals surface area (Å²) in [5.74, 6) is 1.14. The van der Waals surface area contributed by atoms with Crippen molar-refractivity contribution in [3.8, 4) is 5.75 Å². The van der Waals surface area contributed by atoms with Gasteiger partial charge in [0.05, 0.1) is 12.1 Å². The van der Waals surface area contributed by atoms with Crippen molar-refractivity contribution in [2.45, 2.75) is 33.6 Å². The molecule has 0 N–H and O–H groups in total. The van der Waals surface area contributed by atoms with Gasteiger partial charge in [0.2, 0.25) is 0 Å². The average molecular weight is 264 g/mol. The van der Waals surface area contributed by atoms with Crippen LogP contribution in [0.4, 0.5) is 0 Å². The van der Waals surface area contributed by atoms with E-state index in [2.05, 4.69) is 25.8 Å². The zero-order valence-electron chi connectivity index (χ0n) is 11.5. The van der Waals surface area contributed by atoms with Gasteiger partial charge in [-0.3, -0.25) is 0 Å². The Hall–Kier alpha value is -1.28. The SMILES string of the molecule is COc1ccc(C)c2c(Cl)c(C(C)C)c(C)nc12. The summed E-state index contributed by atoms with van der Waals surface area (Å²) in [7, 11) is 1.66. The molecule has 1 heterocycles. The van der Waals surface area contributed by atoms with E-state index < -0.39 is 0 Å². The van der Waals surface area contributed by atoms with E-state index >= 15 is 0 Å². The average Bonchev–Trinajstić information content (AvgIpc) is 2.28. The van der Waals surface area contributed by atoms with Crippen LogP contribution in [0.15, 0.2) is 12.1 Å². The summed E-state index contributed by atoms with van der Waals surface area (Å²) in [5, 5.41) is 1.81. The summed E-state index contributed by atoms with van der Waals surface area (Å²) in [6, 6.07) is 3.96. The fourth-order valence-corrected chi connectivity index (χ4v) is 3.01. The highest BCUT2D eigenvalue weighted by molar-refractivity contribution is 6.36. The molecule has 2 aromatic rings. The van der Waals surface area contributed by atoms with Crippen LogP contribution in [0.2, 0.25) is 5.02 Å². The second-order valence-corrected chi connectivity index (χ2v) is 5.27. The number of benzene rings is 1. The molecule has 0 radical (unpaired) electrons. The minimum atomic E-state index is 0.361. The van der Waals surface area contributed by atoms with E-state index in [4.69, 9.17) is 16.3 Å². The molecule has 1 aromatic heterocycles. The minimum Gasteiger partial charge on any atom is -0.494 e. The molecule has 0 atom stereocenters. The molecule has 0 bridgehead atoms. The normalized spacial score (nSPS) is 11.3. The molecule has 0 unspecified atom stereocenters. The zero-order chi connectivity index (χ0) is 13.4. The molecule has 0 fully saturated rings. The van der Waals surface area contributed by atoms with Crippen LogP contribution in [0.3, 0.4) is 0 Å². The van der Waals surface area contributed by atoms with Crippen LogP contribution in [0.1, 0.15) is 36.6 Å². The van der Waals surface area contributed by atoms with Crippen molar-refractivity contribution in [1.29, 1.82) is 0 Å². The van der Waals surface area contributed by atoms with Gasteiger partial charge in [-0.2, -0.15) is 0 Å². The Morgan fingerprint density at radius 3 is 2.44 bits per heavy atom. The van der Waals surface area contributed by atoms with Gasteiger partial charge < -0.3 is 4.74 Å². The van der Waals surface area contributed by atoms with E-state index in [1.807, 2.05) is 19.1 Å². The van der Waals surface area contributed by atoms with Crippen molar-refractivity contribution >= 4 is 22.5 Å². The van der Waals surface area contributed by atoms with Gasteiger partial charge in [0.15, 0.2) is 0 Å². The fourth-order valence-electron chi connectivity index (χ4n) is 2.42. The Morgan fingerprint density at radius 1 is 1.22 bits per heavy atom. The maximum Gasteiger partial charge on any atom is 0.145 e. The summed E-state index contributed by atoms with van der Waals surface area (Å²) in [4.78, 5) is 4.68. The minimum absolute atomic E-state index is 0.361. The van der Waals surface area contributed by atoms with Crippen LogP contribution >= 0.6 is 11.6 Å². The maximum absolute atomic E-state index is 6.58. The quantitative estimate of drug-likeness (QED) is 0.788. The predicted molar refractivity (Wildman–Crippen MR) is 76.9 cm³/mol. The Balaban J connectivity index is 2.94. The van der Waals surface area contributed by atoms with Gasteiger partial charge in [0, 0.05) is 11.1 Å². The lowest BCUT2D eigenvalue weighted by Gasteiger charge is -2.16. The van der Waals surface area contributed by atoms with Crippen molar-refractivity contribution in [3.63, 3.8) is 0 Å². The highest BCUT2D eigenvalue weighted by Crippen LogP contribution is 2.37. The van der Waals surface area contributed by atoms with Crippen LogP contribution < -0.4 is 4.74 Å². The molecule has 2 nitrogen and oxygen atoms in total. The number of aryl methyl sites for hydroxylation is 2. The molecule has 0 aliphatic carbocycles. The Kier molecular flexibility index (Phi) is 3.49. The molecule has 96 valence electrons. The van der Waals surface area contributed by atoms with Crippen molar-refractivity contribution in [2.24, 2.45) is 0 Å². The van der Waals surface area contributed by atoms with Gasteiger partial charge in [-0.05, 0) is 37.0 Å². The van der Waals surface area contributed by atoms with E-state index in [0.29, 0.717) is 5.92 Å². The predicted octanol–water partition coefficient (Wildman–Crippen LogP) is 4.64. The molecule has 0 saturated carbocycles. The number of halogens is 1. The van der Waals surface area contributed by atoms with E-state index in [-0.39, 0.29) is 0 Å². The van der Waals surface area contributed by atoms with Gasteiger partial charge in [0.25, 0.3) is 0 Å². The number of pyridine rings is 1. The van der Waals surface area contributed by atoms with Crippen molar-refractivity contribution in [3.05, 3.63) is 34.0 Å². The smallest absolute Gasteiger partial charge is 0.145 e. The van der Waals surface area contributed by atoms with Crippen molar-refractivity contribution < 1.29 is 4.74 Å². The van der Waals surface area contributed by atoms with Gasteiger partial charge in [-0.15, -0.1) is 0 Å². The summed E-state index contributed by atoms with van der Waals surface area (Å²) >= 11 is 6.58. The summed E-state index contributed by atoms with van der Waals surface area (Å²) < 4.78 is 5.37. The van der Waals surface area contributed by atoms with Gasteiger partial charge >= 0.3 is 0 Å². The van der Waals surface area contributed by atoms with E-state index in [1.165, 1.54) is 0 Å². The van der Waals surface area contributed by atoms with Crippen LogP contribution in [-0.2, 0) is 0 Å². The number of methoxy groups -OCH3 is 1. The van der Waals surface area contributed by atoms with Crippen molar-refractivity contribution in [2.75, 3.05) is 7.11 Å². The lowest BCUT2D eigenvalue weighted by molar-refractivity contribution is 0.418. The lowest BCUT2D eigenvalue weighted by Crippen LogP contribution is -2.00. The van der Waals surface area contributed by atoms with Crippen LogP contribution in [0.25, 0.3) is 10.9 Å². The van der Waals surface area contributed by atoms with Crippen LogP contribution in [0.5, 0.6) is 5.75 Å². The number of fused-ring (bicyclic) bond motifs is 1. The third-order valence-corrected chi connectivity index (χ3v) is 3.66. The molecule has 0 aliphatic rings. The number of rotatable bonds is 2. The van der Waals surface area contributed by atoms with E-state index in [0.717, 1.165) is 38.5 Å². The molecular weight excluding hydrogens is 246 g/mol. The Morgan fingerprint density at radius 2 is 1.89 bits per heavy atom. The fraction of sp³-hybridized carbons (Fsp3) is 0.400. The zero-order valence-corrected chi connectivity index (χ0v) is 12.2. The lowest BCUT2D eigenvalue weighted by atomic mass is 9.97. The number of hydrogen-bond donors (Lipinski definition) is 0. The van der Waals surface area contributed by atoms with Crippen LogP contribution in [0, 0.1) is 13.8 Å². The number of aromatic nitrogens is 1. The summed E-state index contributed by atoms with van der Waals surface area (Å²) in [5.41, 5.74) is 4.08. The first kappa shape index (κ1) is 13.2. The van der Waals surface area contributed by atoms with Gasteiger partial charge in [-0.25, -0.2) is 4.98 Å². The number of nitrogens with zero attached hydrogens (tertiary/aromatic N) is 1. The second-order valence-electron chi connectivity index (χ2n) is 4.89. The van der Waals surface area contributed by atoms with E-state index in [9.17, 15) is 0 Å². The van der Waals surface area contributed by atoms with Gasteiger partial charge in [-0.1, -0.05) is 31.5 Å². The second kappa shape index (κ2) is 4.77. The molecule has 0 aliphatic heterocycles. The number of hydrogen-bond acceptors (Lipinski definition) is 2. The molecule has 18 heavy (non-hydrogen) atoms. The molecule has 0 spiro atoms. The molecular formula is C15H18ClNO. The first-order valence-electron chi connectivity index (χ1n) is 6.10. The third kappa shape index (κ3) is 1.95. The summed E-state index contributed by atoms with van der Waals surface area (Å²) in [6.45, 7) is 8.33. The largest absolute Gasteiger partial charge is 0.494 e. The topological polar surface area (TPSA) is 22.1 Å².